The third kappa shape index (κ3) is 3.72. The molecule has 0 atom stereocenters. The molecule has 0 radical (unpaired) electrons. The molecule has 2 aromatic carbocycles. The van der Waals surface area contributed by atoms with E-state index >= 15 is 4.39 Å². The molecule has 3 heterocycles. The van der Waals surface area contributed by atoms with Gasteiger partial charge in [-0.05, 0) is 12.1 Å². The minimum atomic E-state index is -3.03. The molecule has 34 heavy (non-hydrogen) atoms. The fourth-order valence-electron chi connectivity index (χ4n) is 4.12. The Hall–Kier alpha value is -3.69. The molecule has 0 bridgehead atoms. The van der Waals surface area contributed by atoms with Crippen LogP contribution in [0.5, 0.6) is 6.01 Å². The van der Waals surface area contributed by atoms with Crippen LogP contribution < -0.4 is 20.7 Å². The third-order valence-electron chi connectivity index (χ3n) is 5.56. The van der Waals surface area contributed by atoms with Crippen molar-refractivity contribution in [3.05, 3.63) is 35.6 Å². The molecule has 4 aromatic rings. The number of methoxy groups -OCH3 is 1. The summed E-state index contributed by atoms with van der Waals surface area (Å²) in [6, 6.07) is 8.44. The van der Waals surface area contributed by atoms with E-state index < -0.39 is 24.8 Å². The highest BCUT2D eigenvalue weighted by atomic mass is 32.1. The Morgan fingerprint density at radius 1 is 1.26 bits per heavy atom. The summed E-state index contributed by atoms with van der Waals surface area (Å²) < 4.78 is 50.6. The van der Waals surface area contributed by atoms with Crippen molar-refractivity contribution in [2.45, 2.75) is 5.92 Å². The normalized spacial score (nSPS) is 15.9. The van der Waals surface area contributed by atoms with Crippen LogP contribution in [0.15, 0.2) is 24.3 Å². The van der Waals surface area contributed by atoms with Crippen LogP contribution in [0.3, 0.4) is 0 Å². The number of hydrogen-bond acceptors (Lipinski definition) is 9. The van der Waals surface area contributed by atoms with Gasteiger partial charge in [-0.25, -0.2) is 18.2 Å². The largest absolute Gasteiger partial charge is 0.467 e. The Bertz CT molecular complexity index is 1470. The summed E-state index contributed by atoms with van der Waals surface area (Å²) in [6.45, 7) is -0.625. The smallest absolute Gasteiger partial charge is 0.318 e. The average molecular weight is 485 g/mol. The highest BCUT2D eigenvalue weighted by Gasteiger charge is 2.35. The van der Waals surface area contributed by atoms with Crippen molar-refractivity contribution in [3.8, 4) is 23.2 Å². The second-order valence-corrected chi connectivity index (χ2v) is 8.88. The molecule has 0 amide bonds. The molecule has 0 unspecified atom stereocenters. The van der Waals surface area contributed by atoms with E-state index in [0.29, 0.717) is 16.2 Å². The zero-order valence-corrected chi connectivity index (χ0v) is 18.7. The Morgan fingerprint density at radius 2 is 2.09 bits per heavy atom. The number of benzene rings is 2. The number of alkyl halides is 2. The number of nitrogens with zero attached hydrogens (tertiary/aromatic N) is 5. The topological polar surface area (TPSA) is 113 Å². The Labute approximate surface area is 195 Å². The number of anilines is 2. The zero-order valence-electron chi connectivity index (χ0n) is 17.9. The van der Waals surface area contributed by atoms with E-state index in [-0.39, 0.29) is 46.9 Å². The maximum atomic E-state index is 16.1. The van der Waals surface area contributed by atoms with Gasteiger partial charge in [0, 0.05) is 29.6 Å². The summed E-state index contributed by atoms with van der Waals surface area (Å²) >= 11 is 1.25. The average Bonchev–Trinajstić information content (AvgIpc) is 3.10. The first kappa shape index (κ1) is 22.1. The zero-order chi connectivity index (χ0) is 24.0. The van der Waals surface area contributed by atoms with Crippen LogP contribution in [0.2, 0.25) is 0 Å². The molecule has 0 saturated carbocycles. The van der Waals surface area contributed by atoms with Crippen LogP contribution >= 0.6 is 11.3 Å². The Morgan fingerprint density at radius 3 is 2.85 bits per heavy atom. The van der Waals surface area contributed by atoms with Crippen molar-refractivity contribution in [2.75, 3.05) is 43.9 Å². The molecule has 0 aliphatic carbocycles. The quantitative estimate of drug-likeness (QED) is 0.453. The van der Waals surface area contributed by atoms with E-state index in [1.165, 1.54) is 29.4 Å². The van der Waals surface area contributed by atoms with Crippen LogP contribution in [0, 0.1) is 17.1 Å². The van der Waals surface area contributed by atoms with Crippen molar-refractivity contribution >= 4 is 43.4 Å². The molecule has 1 aliphatic heterocycles. The van der Waals surface area contributed by atoms with Gasteiger partial charge in [-0.1, -0.05) is 23.5 Å². The number of nitrogen functional groups attached to an aromatic ring is 1. The van der Waals surface area contributed by atoms with Crippen LogP contribution in [-0.4, -0.2) is 54.2 Å². The van der Waals surface area contributed by atoms with E-state index in [4.69, 9.17) is 10.5 Å². The lowest BCUT2D eigenvalue weighted by Crippen LogP contribution is -2.39. The standard InChI is InChI=1S/C22H18F3N7OS/c1-33-21-30-18-13(19(31-21)32-6-5-28-9-22(24,25)10-32)7-11(8-26)15(16(18)23)12-3-2-4-14-17(12)29-20(27)34-14/h2-4,7,28H,5-6,9-10H2,1H3,(H2,27,29). The second kappa shape index (κ2) is 8.27. The van der Waals surface area contributed by atoms with Gasteiger partial charge in [0.05, 0.1) is 42.0 Å². The second-order valence-electron chi connectivity index (χ2n) is 7.81. The fraction of sp³-hybridized carbons (Fsp3) is 0.273. The first-order chi connectivity index (χ1) is 16.3. The van der Waals surface area contributed by atoms with Gasteiger partial charge >= 0.3 is 6.01 Å². The minimum Gasteiger partial charge on any atom is -0.467 e. The fourth-order valence-corrected chi connectivity index (χ4v) is 4.88. The maximum Gasteiger partial charge on any atom is 0.318 e. The summed E-state index contributed by atoms with van der Waals surface area (Å²) in [5, 5.41) is 13.0. The van der Waals surface area contributed by atoms with Gasteiger partial charge in [-0.15, -0.1) is 0 Å². The molecule has 1 saturated heterocycles. The molecule has 0 spiro atoms. The van der Waals surface area contributed by atoms with Crippen LogP contribution in [0.4, 0.5) is 24.1 Å². The van der Waals surface area contributed by atoms with Gasteiger partial charge in [0.1, 0.15) is 11.3 Å². The van der Waals surface area contributed by atoms with Gasteiger partial charge in [0.2, 0.25) is 0 Å². The summed E-state index contributed by atoms with van der Waals surface area (Å²) in [5.41, 5.74) is 6.55. The molecular formula is C22H18F3N7OS. The number of thiazole rings is 1. The Kier molecular flexibility index (Phi) is 5.38. The predicted octanol–water partition coefficient (Wildman–Crippen LogP) is 3.55. The predicted molar refractivity (Wildman–Crippen MR) is 124 cm³/mol. The van der Waals surface area contributed by atoms with E-state index in [2.05, 4.69) is 20.3 Å². The van der Waals surface area contributed by atoms with Crippen molar-refractivity contribution < 1.29 is 17.9 Å². The van der Waals surface area contributed by atoms with E-state index in [9.17, 15) is 14.0 Å². The number of aromatic nitrogens is 3. The lowest BCUT2D eigenvalue weighted by atomic mass is 9.96. The summed E-state index contributed by atoms with van der Waals surface area (Å²) in [5.74, 6) is -3.75. The van der Waals surface area contributed by atoms with Crippen molar-refractivity contribution in [1.82, 2.24) is 20.3 Å². The van der Waals surface area contributed by atoms with Crippen molar-refractivity contribution in [1.29, 1.82) is 5.26 Å². The number of hydrogen-bond donors (Lipinski definition) is 2. The molecule has 1 aliphatic rings. The minimum absolute atomic E-state index is 0.000431. The lowest BCUT2D eigenvalue weighted by molar-refractivity contribution is 0.0156. The number of halogens is 3. The number of para-hydroxylation sites is 1. The number of fused-ring (bicyclic) bond motifs is 2. The van der Waals surface area contributed by atoms with Crippen LogP contribution in [0.1, 0.15) is 5.56 Å². The highest BCUT2D eigenvalue weighted by molar-refractivity contribution is 7.22. The van der Waals surface area contributed by atoms with E-state index in [0.717, 1.165) is 4.70 Å². The number of nitrogens with one attached hydrogen (secondary N) is 1. The van der Waals surface area contributed by atoms with Gasteiger partial charge in [-0.2, -0.15) is 15.2 Å². The number of ether oxygens (including phenoxy) is 1. The summed E-state index contributed by atoms with van der Waals surface area (Å²) in [4.78, 5) is 14.1. The lowest BCUT2D eigenvalue weighted by Gasteiger charge is -2.26. The van der Waals surface area contributed by atoms with Crippen LogP contribution in [0.25, 0.3) is 32.2 Å². The SMILES string of the molecule is COc1nc(N2CCNCC(F)(F)C2)c2cc(C#N)c(-c3cccc4sc(N)nc34)c(F)c2n1. The highest BCUT2D eigenvalue weighted by Crippen LogP contribution is 2.40. The van der Waals surface area contributed by atoms with Gasteiger partial charge in [0.25, 0.3) is 5.92 Å². The van der Waals surface area contributed by atoms with Gasteiger partial charge in [0.15, 0.2) is 10.9 Å². The molecular weight excluding hydrogens is 467 g/mol. The molecule has 5 rings (SSSR count). The summed E-state index contributed by atoms with van der Waals surface area (Å²) in [7, 11) is 1.31. The monoisotopic (exact) mass is 485 g/mol. The summed E-state index contributed by atoms with van der Waals surface area (Å²) in [6.07, 6.45) is 0. The molecule has 2 aromatic heterocycles. The molecule has 1 fully saturated rings. The molecule has 174 valence electrons. The van der Waals surface area contributed by atoms with Gasteiger partial charge in [-0.3, -0.25) is 0 Å². The van der Waals surface area contributed by atoms with Crippen molar-refractivity contribution in [3.63, 3.8) is 0 Å². The first-order valence-electron chi connectivity index (χ1n) is 10.3. The van der Waals surface area contributed by atoms with Crippen LogP contribution in [-0.2, 0) is 0 Å². The Balaban J connectivity index is 1.80. The van der Waals surface area contributed by atoms with Gasteiger partial charge < -0.3 is 20.7 Å². The van der Waals surface area contributed by atoms with E-state index in [1.807, 2.05) is 6.07 Å². The number of rotatable bonds is 3. The molecule has 12 heteroatoms. The number of nitriles is 1. The molecule has 3 N–H and O–H groups in total. The van der Waals surface area contributed by atoms with Crippen molar-refractivity contribution in [2.24, 2.45) is 0 Å². The maximum absolute atomic E-state index is 16.1. The third-order valence-corrected chi connectivity index (χ3v) is 6.41. The molecule has 8 nitrogen and oxygen atoms in total. The van der Waals surface area contributed by atoms with E-state index in [1.54, 1.807) is 18.2 Å². The number of nitrogens with two attached hydrogens (primary N) is 1. The first-order valence-corrected chi connectivity index (χ1v) is 11.1.